The van der Waals surface area contributed by atoms with Crippen molar-refractivity contribution >= 4 is 0 Å². The Morgan fingerprint density at radius 3 is 1.22 bits per heavy atom. The third-order valence-corrected chi connectivity index (χ3v) is 8.65. The summed E-state index contributed by atoms with van der Waals surface area (Å²) in [6.07, 6.45) is 26.0. The molecule has 6 heteroatoms. The first-order valence-electron chi connectivity index (χ1n) is 15.7. The predicted molar refractivity (Wildman–Crippen MR) is 190 cm³/mol. The van der Waals surface area contributed by atoms with Gasteiger partial charge in [-0.3, -0.25) is 11.8 Å². The Bertz CT molecular complexity index is 2200. The second-order valence-electron chi connectivity index (χ2n) is 11.9. The number of aromatic nitrogens is 4. The van der Waals surface area contributed by atoms with E-state index in [0.717, 1.165) is 46.5 Å². The molecule has 0 spiro atoms. The zero-order valence-corrected chi connectivity index (χ0v) is 31.7. The van der Waals surface area contributed by atoms with E-state index in [1.807, 2.05) is 84.2 Å². The molecule has 2 radical (unpaired) electrons. The fourth-order valence-corrected chi connectivity index (χ4v) is 6.34. The summed E-state index contributed by atoms with van der Waals surface area (Å²) in [6, 6.07) is 37.2. The molecule has 0 saturated heterocycles. The van der Waals surface area contributed by atoms with Crippen LogP contribution in [-0.2, 0) is 71.7 Å². The van der Waals surface area contributed by atoms with Crippen molar-refractivity contribution in [1.29, 1.82) is 0 Å². The molecule has 9 rings (SSSR count). The summed E-state index contributed by atoms with van der Waals surface area (Å²) in [4.78, 5) is 8.54. The molecule has 7 aromatic rings. The van der Waals surface area contributed by atoms with Gasteiger partial charge in [-0.05, 0) is 71.4 Å². The monoisotopic (exact) mass is 1010 g/mol. The van der Waals surface area contributed by atoms with Crippen LogP contribution in [0.5, 0.6) is 0 Å². The summed E-state index contributed by atoms with van der Waals surface area (Å²) < 4.78 is 3.63. The van der Waals surface area contributed by atoms with Gasteiger partial charge in [-0.15, -0.1) is 47.8 Å². The van der Waals surface area contributed by atoms with Gasteiger partial charge in [0.15, 0.2) is 0 Å². The van der Waals surface area contributed by atoms with Crippen LogP contribution < -0.4 is 0 Å². The van der Waals surface area contributed by atoms with Crippen molar-refractivity contribution in [3.05, 3.63) is 180 Å². The molecule has 0 saturated carbocycles. The van der Waals surface area contributed by atoms with E-state index in [4.69, 9.17) is 12.8 Å². The van der Waals surface area contributed by atoms with E-state index >= 15 is 0 Å². The van der Waals surface area contributed by atoms with Crippen molar-refractivity contribution in [2.45, 2.75) is 12.8 Å². The van der Waals surface area contributed by atoms with Crippen LogP contribution >= 0.6 is 0 Å². The Balaban J connectivity index is 0.000000144. The molecule has 0 N–H and O–H groups in total. The fourth-order valence-electron chi connectivity index (χ4n) is 6.34. The van der Waals surface area contributed by atoms with Crippen molar-refractivity contribution < 1.29 is 44.8 Å². The molecule has 0 aliphatic heterocycles. The molecule has 2 aliphatic rings. The SMILES string of the molecule is Cn1[c-]nc(-c2ccccc2-c2cn(C)[c-]n2)c1.[Au].[Au].[C-]#Cc1ccc2c(c1)-c1ccccc1C2.[C-]#Cc1ccc2c(c1)-c1ccccc1C2. The van der Waals surface area contributed by atoms with Crippen molar-refractivity contribution in [2.24, 2.45) is 14.1 Å². The Kier molecular flexibility index (Phi) is 11.8. The molecular formula is C44H30Au2N4-4. The van der Waals surface area contributed by atoms with E-state index in [1.54, 1.807) is 0 Å². The molecule has 2 heterocycles. The number of hydrogen-bond acceptors (Lipinski definition) is 2. The Hall–Kier alpha value is -4.88. The van der Waals surface area contributed by atoms with Crippen molar-refractivity contribution in [3.63, 3.8) is 0 Å². The van der Waals surface area contributed by atoms with Crippen LogP contribution in [0.25, 0.3) is 44.8 Å². The van der Waals surface area contributed by atoms with Crippen LogP contribution in [0.1, 0.15) is 33.4 Å². The van der Waals surface area contributed by atoms with Crippen LogP contribution in [0.2, 0.25) is 0 Å². The topological polar surface area (TPSA) is 35.6 Å². The van der Waals surface area contributed by atoms with Crippen LogP contribution in [-0.4, -0.2) is 19.1 Å². The van der Waals surface area contributed by atoms with Crippen LogP contribution in [0.4, 0.5) is 0 Å². The minimum absolute atomic E-state index is 0. The molecular weight excluding hydrogens is 978 g/mol. The summed E-state index contributed by atoms with van der Waals surface area (Å²) in [7, 11) is 3.82. The van der Waals surface area contributed by atoms with Gasteiger partial charge in [0, 0.05) is 57.4 Å². The molecule has 252 valence electrons. The molecule has 0 amide bonds. The van der Waals surface area contributed by atoms with Crippen LogP contribution in [0.15, 0.2) is 122 Å². The second-order valence-corrected chi connectivity index (χ2v) is 11.9. The van der Waals surface area contributed by atoms with E-state index in [1.165, 1.54) is 44.5 Å². The van der Waals surface area contributed by atoms with Crippen LogP contribution in [0.3, 0.4) is 0 Å². The molecule has 4 nitrogen and oxygen atoms in total. The quantitative estimate of drug-likeness (QED) is 0.0991. The van der Waals surface area contributed by atoms with Gasteiger partial charge in [-0.1, -0.05) is 107 Å². The maximum atomic E-state index is 7.14. The summed E-state index contributed by atoms with van der Waals surface area (Å²) >= 11 is 0. The largest absolute Gasteiger partial charge is 0.456 e. The van der Waals surface area contributed by atoms with E-state index in [9.17, 15) is 0 Å². The number of nitrogens with zero attached hydrogens (tertiary/aromatic N) is 4. The standard InChI is InChI=1S/2C15H9.C14H12N4.2Au/c2*1-2-11-7-8-13-10-12-5-3-4-6-14(12)15(13)9-11;1-17-7-13(15-9-17)11-5-3-4-6-12(11)14-8-18(2)10-16-14;;/h2*3-9H,10H2;3-8H,1-2H3;;/q2*-1;-2;;. The summed E-state index contributed by atoms with van der Waals surface area (Å²) in [5, 5.41) is 0. The number of aryl methyl sites for hydroxylation is 2. The maximum Gasteiger partial charge on any atom is 0.000793 e. The van der Waals surface area contributed by atoms with E-state index in [-0.39, 0.29) is 44.8 Å². The first-order chi connectivity index (χ1) is 23.5. The molecule has 2 aliphatic carbocycles. The smallest absolute Gasteiger partial charge is 0.000793 e. The van der Waals surface area contributed by atoms with E-state index in [2.05, 4.69) is 95.1 Å². The zero-order chi connectivity index (χ0) is 33.0. The molecule has 50 heavy (non-hydrogen) atoms. The zero-order valence-electron chi connectivity index (χ0n) is 27.4. The van der Waals surface area contributed by atoms with Gasteiger partial charge in [-0.25, -0.2) is 0 Å². The number of benzene rings is 5. The second kappa shape index (κ2) is 16.2. The van der Waals surface area contributed by atoms with Gasteiger partial charge in [0.25, 0.3) is 0 Å². The van der Waals surface area contributed by atoms with E-state index < -0.39 is 0 Å². The number of fused-ring (bicyclic) bond motifs is 6. The first-order valence-corrected chi connectivity index (χ1v) is 15.7. The third kappa shape index (κ3) is 7.63. The normalized spacial score (nSPS) is 10.9. The maximum absolute atomic E-state index is 7.14. The summed E-state index contributed by atoms with van der Waals surface area (Å²) in [6.45, 7) is 0. The van der Waals surface area contributed by atoms with Crippen LogP contribution in [0, 0.1) is 37.3 Å². The Morgan fingerprint density at radius 1 is 0.500 bits per heavy atom. The minimum Gasteiger partial charge on any atom is -0.456 e. The molecule has 5 aromatic carbocycles. The van der Waals surface area contributed by atoms with Gasteiger partial charge in [0.1, 0.15) is 0 Å². The Labute approximate surface area is 325 Å². The van der Waals surface area contributed by atoms with Gasteiger partial charge in [0.2, 0.25) is 0 Å². The predicted octanol–water partition coefficient (Wildman–Crippen LogP) is 8.47. The number of rotatable bonds is 2. The average molecular weight is 1010 g/mol. The summed E-state index contributed by atoms with van der Waals surface area (Å²) in [5.41, 5.74) is 16.3. The first kappa shape index (κ1) is 36.4. The molecule has 0 atom stereocenters. The van der Waals surface area contributed by atoms with Gasteiger partial charge in [0.05, 0.1) is 0 Å². The van der Waals surface area contributed by atoms with Gasteiger partial charge < -0.3 is 31.9 Å². The van der Waals surface area contributed by atoms with Gasteiger partial charge >= 0.3 is 0 Å². The summed E-state index contributed by atoms with van der Waals surface area (Å²) in [5.74, 6) is 4.87. The molecule has 2 aromatic heterocycles. The average Bonchev–Trinajstić information content (AvgIpc) is 3.93. The molecule has 0 unspecified atom stereocenters. The fraction of sp³-hybridized carbons (Fsp3) is 0.0909. The molecule has 0 fully saturated rings. The number of hydrogen-bond donors (Lipinski definition) is 0. The number of imidazole rings is 2. The molecule has 0 bridgehead atoms. The third-order valence-electron chi connectivity index (χ3n) is 8.65. The minimum atomic E-state index is 0. The van der Waals surface area contributed by atoms with Crippen molar-refractivity contribution in [1.82, 2.24) is 19.1 Å². The van der Waals surface area contributed by atoms with E-state index in [0.29, 0.717) is 0 Å². The van der Waals surface area contributed by atoms with Crippen molar-refractivity contribution in [3.8, 4) is 56.6 Å². The van der Waals surface area contributed by atoms with Crippen molar-refractivity contribution in [2.75, 3.05) is 0 Å². The Morgan fingerprint density at radius 2 is 0.860 bits per heavy atom. The van der Waals surface area contributed by atoms with Gasteiger partial charge in [-0.2, -0.15) is 0 Å².